The minimum atomic E-state index is -0.609. The predicted molar refractivity (Wildman–Crippen MR) is 172 cm³/mol. The summed E-state index contributed by atoms with van der Waals surface area (Å²) in [5.74, 6) is -0.342. The predicted octanol–water partition coefficient (Wildman–Crippen LogP) is 4.96. The number of ether oxygens (including phenoxy) is 3. The van der Waals surface area contributed by atoms with Crippen LogP contribution in [0.2, 0.25) is 0 Å². The minimum absolute atomic E-state index is 0.157. The Kier molecular flexibility index (Phi) is 10.7. The summed E-state index contributed by atoms with van der Waals surface area (Å²) in [5, 5.41) is 18.2. The Morgan fingerprint density at radius 2 is 1.98 bits per heavy atom. The van der Waals surface area contributed by atoms with E-state index < -0.39 is 18.0 Å². The molecule has 1 aliphatic heterocycles. The highest BCUT2D eigenvalue weighted by atomic mass is 32.1. The second-order valence-electron chi connectivity index (χ2n) is 10.6. The van der Waals surface area contributed by atoms with Gasteiger partial charge in [-0.15, -0.1) is 21.5 Å². The first-order valence-corrected chi connectivity index (χ1v) is 15.6. The van der Waals surface area contributed by atoms with E-state index in [1.54, 1.807) is 31.4 Å². The number of alkyl carbamates (subject to hydrolysis) is 1. The van der Waals surface area contributed by atoms with Gasteiger partial charge in [0.2, 0.25) is 5.91 Å². The topological polar surface area (TPSA) is 115 Å². The maximum atomic E-state index is 14.3. The lowest BCUT2D eigenvalue weighted by atomic mass is 9.96. The fraction of sp³-hybridized carbons (Fsp3) is 0.333. The standard InChI is InChI=1S/C33H36FN5O5S/c1-4-29(40)39(3)20-21(2)44-33(41)36-12-13-42-14-15-43-28-18-25(34)7-8-26(28)31-32-27(10-16-45-32)30(37-38-31)23-5-6-24-19-35-11-9-22(24)17-23/h4-8,10,16-18,21,35H,1,9,11-15,19-20H2,2-3H3,(H,36,41). The summed E-state index contributed by atoms with van der Waals surface area (Å²) in [6.45, 7) is 8.01. The van der Waals surface area contributed by atoms with E-state index in [2.05, 4.69) is 45.6 Å². The van der Waals surface area contributed by atoms with Crippen molar-refractivity contribution in [2.24, 2.45) is 0 Å². The van der Waals surface area contributed by atoms with Crippen molar-refractivity contribution in [1.29, 1.82) is 0 Å². The summed E-state index contributed by atoms with van der Waals surface area (Å²) in [5.41, 5.74) is 5.73. The number of amides is 2. The zero-order valence-electron chi connectivity index (χ0n) is 25.3. The van der Waals surface area contributed by atoms with Crippen LogP contribution in [0.25, 0.3) is 32.6 Å². The lowest BCUT2D eigenvalue weighted by molar-refractivity contribution is -0.125. The molecular formula is C33H36FN5O5S. The highest BCUT2D eigenvalue weighted by molar-refractivity contribution is 7.17. The number of fused-ring (bicyclic) bond motifs is 2. The van der Waals surface area contributed by atoms with Gasteiger partial charge in [0.1, 0.15) is 35.7 Å². The molecule has 2 aromatic carbocycles. The Morgan fingerprint density at radius 1 is 1.13 bits per heavy atom. The molecule has 5 rings (SSSR count). The maximum Gasteiger partial charge on any atom is 0.407 e. The lowest BCUT2D eigenvalue weighted by Gasteiger charge is -2.20. The molecule has 2 aromatic heterocycles. The molecule has 10 nitrogen and oxygen atoms in total. The Labute approximate surface area is 265 Å². The van der Waals surface area contributed by atoms with Crippen LogP contribution in [0, 0.1) is 5.82 Å². The van der Waals surface area contributed by atoms with Crippen molar-refractivity contribution in [3.05, 3.63) is 77.4 Å². The smallest absolute Gasteiger partial charge is 0.407 e. The number of hydrogen-bond donors (Lipinski definition) is 2. The van der Waals surface area contributed by atoms with E-state index in [9.17, 15) is 14.0 Å². The second-order valence-corrected chi connectivity index (χ2v) is 11.6. The third kappa shape index (κ3) is 8.01. The van der Waals surface area contributed by atoms with Crippen LogP contribution >= 0.6 is 11.3 Å². The van der Waals surface area contributed by atoms with E-state index >= 15 is 0 Å². The normalized spacial score (nSPS) is 13.1. The van der Waals surface area contributed by atoms with E-state index in [0.717, 1.165) is 40.9 Å². The quantitative estimate of drug-likeness (QED) is 0.157. The molecule has 1 atom stereocenters. The molecule has 45 heavy (non-hydrogen) atoms. The average Bonchev–Trinajstić information content (AvgIpc) is 3.54. The second kappa shape index (κ2) is 15.1. The summed E-state index contributed by atoms with van der Waals surface area (Å²) >= 11 is 1.55. The summed E-state index contributed by atoms with van der Waals surface area (Å²) in [6, 6.07) is 12.9. The average molecular weight is 634 g/mol. The van der Waals surface area contributed by atoms with E-state index in [0.29, 0.717) is 17.0 Å². The Morgan fingerprint density at radius 3 is 2.82 bits per heavy atom. The van der Waals surface area contributed by atoms with Crippen LogP contribution in [-0.4, -0.2) is 79.7 Å². The fourth-order valence-electron chi connectivity index (χ4n) is 5.13. The summed E-state index contributed by atoms with van der Waals surface area (Å²) in [4.78, 5) is 25.0. The first-order valence-electron chi connectivity index (χ1n) is 14.7. The number of benzene rings is 2. The number of rotatable bonds is 13. The molecule has 0 saturated carbocycles. The van der Waals surface area contributed by atoms with Gasteiger partial charge >= 0.3 is 6.09 Å². The number of aromatic nitrogens is 2. The molecule has 3 heterocycles. The number of thiophene rings is 1. The number of nitrogens with one attached hydrogen (secondary N) is 2. The molecule has 0 saturated heterocycles. The van der Waals surface area contributed by atoms with Crippen molar-refractivity contribution in [2.45, 2.75) is 26.0 Å². The molecule has 236 valence electrons. The summed E-state index contributed by atoms with van der Waals surface area (Å²) in [7, 11) is 1.60. The highest BCUT2D eigenvalue weighted by Gasteiger charge is 2.19. The van der Waals surface area contributed by atoms with Crippen molar-refractivity contribution in [3.8, 4) is 28.3 Å². The van der Waals surface area contributed by atoms with Crippen LogP contribution in [0.15, 0.2) is 60.5 Å². The van der Waals surface area contributed by atoms with Crippen LogP contribution < -0.4 is 15.4 Å². The SMILES string of the molecule is C=CC(=O)N(C)CC(C)OC(=O)NCCOCCOc1cc(F)ccc1-c1nnc(-c2ccc3c(c2)CCNC3)c2ccsc12. The molecule has 0 bridgehead atoms. The largest absolute Gasteiger partial charge is 0.490 e. The molecule has 0 aliphatic carbocycles. The first kappa shape index (κ1) is 32.0. The van der Waals surface area contributed by atoms with Gasteiger partial charge in [0.15, 0.2) is 0 Å². The van der Waals surface area contributed by atoms with E-state index in [1.165, 1.54) is 34.2 Å². The maximum absolute atomic E-state index is 14.3. The van der Waals surface area contributed by atoms with Gasteiger partial charge in [0.05, 0.1) is 24.5 Å². The highest BCUT2D eigenvalue weighted by Crippen LogP contribution is 2.39. The van der Waals surface area contributed by atoms with Crippen LogP contribution in [-0.2, 0) is 27.2 Å². The Bertz CT molecular complexity index is 1680. The Hall–Kier alpha value is -4.39. The van der Waals surface area contributed by atoms with Gasteiger partial charge in [-0.25, -0.2) is 9.18 Å². The van der Waals surface area contributed by atoms with Crippen molar-refractivity contribution < 1.29 is 28.2 Å². The van der Waals surface area contributed by atoms with Gasteiger partial charge < -0.3 is 29.7 Å². The number of hydrogen-bond acceptors (Lipinski definition) is 9. The number of carbonyl (C=O) groups excluding carboxylic acids is 2. The molecule has 0 spiro atoms. The minimum Gasteiger partial charge on any atom is -0.490 e. The molecule has 0 fully saturated rings. The van der Waals surface area contributed by atoms with Crippen molar-refractivity contribution in [1.82, 2.24) is 25.7 Å². The third-order valence-electron chi connectivity index (χ3n) is 7.34. The fourth-order valence-corrected chi connectivity index (χ4v) is 6.03. The monoisotopic (exact) mass is 633 g/mol. The third-order valence-corrected chi connectivity index (χ3v) is 8.26. The molecule has 4 aromatic rings. The van der Waals surface area contributed by atoms with Gasteiger partial charge in [-0.3, -0.25) is 4.79 Å². The van der Waals surface area contributed by atoms with Crippen molar-refractivity contribution in [3.63, 3.8) is 0 Å². The zero-order chi connectivity index (χ0) is 31.8. The van der Waals surface area contributed by atoms with E-state index in [1.807, 2.05) is 11.4 Å². The van der Waals surface area contributed by atoms with Crippen LogP contribution in [0.1, 0.15) is 18.1 Å². The van der Waals surface area contributed by atoms with E-state index in [-0.39, 0.29) is 38.8 Å². The molecule has 12 heteroatoms. The number of nitrogens with zero attached hydrogens (tertiary/aromatic N) is 3. The molecule has 2 N–H and O–H groups in total. The van der Waals surface area contributed by atoms with Gasteiger partial charge in [-0.2, -0.15) is 0 Å². The number of halogens is 1. The van der Waals surface area contributed by atoms with E-state index in [4.69, 9.17) is 14.2 Å². The van der Waals surface area contributed by atoms with Crippen LogP contribution in [0.4, 0.5) is 9.18 Å². The first-order chi connectivity index (χ1) is 21.8. The van der Waals surface area contributed by atoms with Gasteiger partial charge in [-0.05, 0) is 66.7 Å². The Balaban J connectivity index is 1.16. The van der Waals surface area contributed by atoms with Gasteiger partial charge in [0, 0.05) is 42.7 Å². The molecule has 1 aliphatic rings. The number of likely N-dealkylation sites (N-methyl/N-ethyl adjacent to an activating group) is 1. The van der Waals surface area contributed by atoms with Crippen LogP contribution in [0.3, 0.4) is 0 Å². The van der Waals surface area contributed by atoms with Crippen LogP contribution in [0.5, 0.6) is 5.75 Å². The zero-order valence-corrected chi connectivity index (χ0v) is 26.1. The van der Waals surface area contributed by atoms with Gasteiger partial charge in [0.25, 0.3) is 0 Å². The molecule has 0 radical (unpaired) electrons. The summed E-state index contributed by atoms with van der Waals surface area (Å²) in [6.07, 6.45) is 1.07. The molecule has 2 amide bonds. The van der Waals surface area contributed by atoms with Gasteiger partial charge in [-0.1, -0.05) is 18.7 Å². The lowest BCUT2D eigenvalue weighted by Crippen LogP contribution is -2.37. The molecular weight excluding hydrogens is 597 g/mol. The van der Waals surface area contributed by atoms with Crippen molar-refractivity contribution >= 4 is 33.4 Å². The summed E-state index contributed by atoms with van der Waals surface area (Å²) < 4.78 is 32.0. The number of carbonyl (C=O) groups is 2. The molecule has 1 unspecified atom stereocenters. The van der Waals surface area contributed by atoms with Crippen molar-refractivity contribution in [2.75, 3.05) is 46.5 Å².